The summed E-state index contributed by atoms with van der Waals surface area (Å²) in [7, 11) is 0. The molecule has 2 spiro atoms. The lowest BCUT2D eigenvalue weighted by atomic mass is 9.57. The lowest BCUT2D eigenvalue weighted by Gasteiger charge is -2.56. The third-order valence-corrected chi connectivity index (χ3v) is 10.2. The highest BCUT2D eigenvalue weighted by atomic mass is 16.5. The van der Waals surface area contributed by atoms with Gasteiger partial charge in [0.2, 0.25) is 0 Å². The van der Waals surface area contributed by atoms with Crippen molar-refractivity contribution in [1.29, 1.82) is 0 Å². The molecule has 5 unspecified atom stereocenters. The number of aromatic nitrogens is 1. The zero-order valence-electron chi connectivity index (χ0n) is 18.2. The first-order valence-corrected chi connectivity index (χ1v) is 12.4. The average Bonchev–Trinajstić information content (AvgIpc) is 3.29. The summed E-state index contributed by atoms with van der Waals surface area (Å²) in [4.78, 5) is 4.37. The van der Waals surface area contributed by atoms with Crippen LogP contribution in [0.15, 0.2) is 48.3 Å². The van der Waals surface area contributed by atoms with E-state index in [1.54, 1.807) is 5.57 Å². The minimum absolute atomic E-state index is 0.0635. The second-order valence-electron chi connectivity index (χ2n) is 11.3. The molecular formula is C28H33NO. The van der Waals surface area contributed by atoms with Crippen LogP contribution >= 0.6 is 0 Å². The molecule has 2 saturated heterocycles. The van der Waals surface area contributed by atoms with Crippen LogP contribution < -0.4 is 0 Å². The van der Waals surface area contributed by atoms with Gasteiger partial charge in [-0.2, -0.15) is 0 Å². The van der Waals surface area contributed by atoms with Gasteiger partial charge in [-0.25, -0.2) is 0 Å². The van der Waals surface area contributed by atoms with Crippen LogP contribution in [0.2, 0.25) is 0 Å². The minimum Gasteiger partial charge on any atom is -0.364 e. The van der Waals surface area contributed by atoms with Crippen molar-refractivity contribution in [2.75, 3.05) is 0 Å². The average molecular weight is 400 g/mol. The number of ether oxygens (including phenoxy) is 1. The van der Waals surface area contributed by atoms with E-state index in [0.717, 1.165) is 5.92 Å². The van der Waals surface area contributed by atoms with Gasteiger partial charge in [-0.05, 0) is 103 Å². The Hall–Kier alpha value is -1.67. The molecular weight excluding hydrogens is 366 g/mol. The number of rotatable bonds is 1. The van der Waals surface area contributed by atoms with E-state index in [2.05, 4.69) is 42.2 Å². The maximum Gasteiger partial charge on any atom is 0.0933 e. The molecule has 1 aromatic heterocycles. The Bertz CT molecular complexity index is 1060. The van der Waals surface area contributed by atoms with Crippen LogP contribution in [-0.2, 0) is 4.74 Å². The zero-order chi connectivity index (χ0) is 20.0. The fourth-order valence-electron chi connectivity index (χ4n) is 8.78. The number of benzene rings is 1. The Morgan fingerprint density at radius 1 is 1.00 bits per heavy atom. The van der Waals surface area contributed by atoms with Crippen molar-refractivity contribution in [2.24, 2.45) is 17.3 Å². The maximum absolute atomic E-state index is 7.34. The monoisotopic (exact) mass is 399 g/mol. The fourth-order valence-corrected chi connectivity index (χ4v) is 8.78. The standard InChI is InChI=1S/C28H33NO/c1-26-12-9-23-17-22-4-2-3-11-27(22)13-14-28(23,30-27)25(26)8-7-24(26)20-6-5-19-10-15-29-18-21(19)16-20/h5-6,9-10,15-16,18,22,24-25H,2-4,7-8,11-14,17H2,1H3/t22?,24?,25?,26?,27?,28-/m1/s1. The van der Waals surface area contributed by atoms with Crippen LogP contribution in [0.25, 0.3) is 10.8 Å². The van der Waals surface area contributed by atoms with Crippen molar-refractivity contribution < 1.29 is 4.74 Å². The van der Waals surface area contributed by atoms with Crippen LogP contribution in [0.1, 0.15) is 82.6 Å². The van der Waals surface area contributed by atoms with Crippen LogP contribution in [0.3, 0.4) is 0 Å². The Labute approximate surface area is 180 Å². The molecule has 4 fully saturated rings. The van der Waals surface area contributed by atoms with Gasteiger partial charge in [-0.15, -0.1) is 0 Å². The van der Waals surface area contributed by atoms with Crippen molar-refractivity contribution in [3.8, 4) is 0 Å². The lowest BCUT2D eigenvalue weighted by Crippen LogP contribution is -2.56. The minimum atomic E-state index is 0.0635. The van der Waals surface area contributed by atoms with E-state index in [9.17, 15) is 0 Å². The Morgan fingerprint density at radius 3 is 2.93 bits per heavy atom. The SMILES string of the molecule is CC12CC=C3CC4CCCCC45CC[C@]3(O5)C1CCC2c1ccc2ccncc2c1. The van der Waals surface area contributed by atoms with Gasteiger partial charge in [0.15, 0.2) is 0 Å². The topological polar surface area (TPSA) is 22.1 Å². The molecule has 3 aliphatic carbocycles. The van der Waals surface area contributed by atoms with Crippen molar-refractivity contribution in [1.82, 2.24) is 4.98 Å². The number of nitrogens with zero attached hydrogens (tertiary/aromatic N) is 1. The first-order chi connectivity index (χ1) is 14.6. The summed E-state index contributed by atoms with van der Waals surface area (Å²) in [5, 5.41) is 2.58. The lowest BCUT2D eigenvalue weighted by molar-refractivity contribution is -0.191. The molecule has 2 aromatic rings. The summed E-state index contributed by atoms with van der Waals surface area (Å²) in [6.07, 6.45) is 19.9. The predicted octanol–water partition coefficient (Wildman–Crippen LogP) is 6.95. The van der Waals surface area contributed by atoms with Gasteiger partial charge in [0.25, 0.3) is 0 Å². The second kappa shape index (κ2) is 5.97. The highest BCUT2D eigenvalue weighted by molar-refractivity contribution is 5.82. The van der Waals surface area contributed by atoms with E-state index in [4.69, 9.17) is 4.74 Å². The summed E-state index contributed by atoms with van der Waals surface area (Å²) in [5.74, 6) is 2.10. The Morgan fingerprint density at radius 2 is 1.97 bits per heavy atom. The van der Waals surface area contributed by atoms with Crippen molar-refractivity contribution in [2.45, 2.75) is 88.3 Å². The molecule has 5 aliphatic rings. The molecule has 0 amide bonds. The van der Waals surface area contributed by atoms with E-state index in [1.807, 2.05) is 12.4 Å². The smallest absolute Gasteiger partial charge is 0.0933 e. The van der Waals surface area contributed by atoms with Gasteiger partial charge >= 0.3 is 0 Å². The number of pyridine rings is 1. The molecule has 1 aromatic carbocycles. The van der Waals surface area contributed by atoms with Crippen LogP contribution in [0, 0.1) is 17.3 Å². The van der Waals surface area contributed by atoms with Gasteiger partial charge in [0, 0.05) is 17.8 Å². The highest BCUT2D eigenvalue weighted by Gasteiger charge is 2.67. The van der Waals surface area contributed by atoms with Crippen molar-refractivity contribution in [3.05, 3.63) is 53.9 Å². The molecule has 2 bridgehead atoms. The molecule has 2 aliphatic heterocycles. The number of fused-ring (bicyclic) bond motifs is 2. The zero-order valence-corrected chi connectivity index (χ0v) is 18.2. The van der Waals surface area contributed by atoms with Gasteiger partial charge in [0.05, 0.1) is 11.2 Å². The third kappa shape index (κ3) is 2.17. The number of hydrogen-bond acceptors (Lipinski definition) is 2. The molecule has 2 heteroatoms. The summed E-state index contributed by atoms with van der Waals surface area (Å²) >= 11 is 0. The van der Waals surface area contributed by atoms with Gasteiger partial charge < -0.3 is 4.74 Å². The molecule has 156 valence electrons. The van der Waals surface area contributed by atoms with Crippen LogP contribution in [-0.4, -0.2) is 16.2 Å². The molecule has 30 heavy (non-hydrogen) atoms. The second-order valence-corrected chi connectivity index (χ2v) is 11.3. The van der Waals surface area contributed by atoms with Gasteiger partial charge in [-0.3, -0.25) is 4.98 Å². The Balaban J connectivity index is 1.29. The molecule has 0 radical (unpaired) electrons. The molecule has 6 atom stereocenters. The highest BCUT2D eigenvalue weighted by Crippen LogP contribution is 2.70. The normalized spacial score (nSPS) is 44.3. The summed E-state index contributed by atoms with van der Waals surface area (Å²) in [5.41, 5.74) is 3.82. The molecule has 7 rings (SSSR count). The van der Waals surface area contributed by atoms with Gasteiger partial charge in [-0.1, -0.05) is 38.0 Å². The van der Waals surface area contributed by atoms with Crippen molar-refractivity contribution >= 4 is 10.8 Å². The van der Waals surface area contributed by atoms with E-state index < -0.39 is 0 Å². The molecule has 0 N–H and O–H groups in total. The van der Waals surface area contributed by atoms with Crippen LogP contribution in [0.4, 0.5) is 0 Å². The van der Waals surface area contributed by atoms with E-state index in [1.165, 1.54) is 80.5 Å². The number of allylic oxidation sites excluding steroid dienone is 1. The largest absolute Gasteiger partial charge is 0.364 e. The third-order valence-electron chi connectivity index (χ3n) is 10.2. The summed E-state index contributed by atoms with van der Waals surface area (Å²) in [6, 6.07) is 9.25. The molecule has 2 nitrogen and oxygen atoms in total. The van der Waals surface area contributed by atoms with E-state index in [0.29, 0.717) is 17.3 Å². The van der Waals surface area contributed by atoms with Gasteiger partial charge in [0.1, 0.15) is 0 Å². The molecule has 2 saturated carbocycles. The van der Waals surface area contributed by atoms with E-state index >= 15 is 0 Å². The summed E-state index contributed by atoms with van der Waals surface area (Å²) in [6.45, 7) is 2.59. The molecule has 3 heterocycles. The summed E-state index contributed by atoms with van der Waals surface area (Å²) < 4.78 is 7.34. The van der Waals surface area contributed by atoms with E-state index in [-0.39, 0.29) is 11.2 Å². The fraction of sp³-hybridized carbons (Fsp3) is 0.607. The number of hydrogen-bond donors (Lipinski definition) is 0. The maximum atomic E-state index is 7.34. The quantitative estimate of drug-likeness (QED) is 0.484. The van der Waals surface area contributed by atoms with Crippen LogP contribution in [0.5, 0.6) is 0 Å². The first kappa shape index (κ1) is 18.0. The predicted molar refractivity (Wildman–Crippen MR) is 120 cm³/mol. The van der Waals surface area contributed by atoms with Crippen molar-refractivity contribution in [3.63, 3.8) is 0 Å². The Kier molecular flexibility index (Phi) is 3.57. The first-order valence-electron chi connectivity index (χ1n) is 12.4.